The number of carbonyl (C=O) groups excluding carboxylic acids is 1. The number of benzene rings is 2. The van der Waals surface area contributed by atoms with E-state index in [1.807, 2.05) is 42.5 Å². The van der Waals surface area contributed by atoms with Gasteiger partial charge in [0.15, 0.2) is 11.5 Å². The lowest BCUT2D eigenvalue weighted by Gasteiger charge is -2.23. The number of carbonyl (C=O) groups is 1. The molecule has 0 radical (unpaired) electrons. The van der Waals surface area contributed by atoms with Gasteiger partial charge in [-0.05, 0) is 55.7 Å². The van der Waals surface area contributed by atoms with Crippen LogP contribution in [0.1, 0.15) is 37.7 Å². The number of hydrogen-bond donors (Lipinski definition) is 1. The van der Waals surface area contributed by atoms with E-state index < -0.39 is 5.79 Å². The van der Waals surface area contributed by atoms with Crippen molar-refractivity contribution in [1.29, 1.82) is 5.26 Å². The number of fused-ring (bicyclic) bond motifs is 1. The van der Waals surface area contributed by atoms with Crippen molar-refractivity contribution < 1.29 is 14.3 Å². The summed E-state index contributed by atoms with van der Waals surface area (Å²) in [5, 5.41) is 12.0. The SMILES string of the molecule is N#Cc1ccc(N2CCCN(CC(=O)Nc3ccc4c(c3)OC3(CCCC3)O4)CC2)cc1. The van der Waals surface area contributed by atoms with Gasteiger partial charge >= 0.3 is 0 Å². The molecule has 2 heterocycles. The maximum atomic E-state index is 12.7. The van der Waals surface area contributed by atoms with E-state index in [1.54, 1.807) is 0 Å². The fourth-order valence-electron chi connectivity index (χ4n) is 4.83. The van der Waals surface area contributed by atoms with Crippen molar-refractivity contribution in [2.45, 2.75) is 37.9 Å². The highest BCUT2D eigenvalue weighted by atomic mass is 16.7. The molecule has 32 heavy (non-hydrogen) atoms. The summed E-state index contributed by atoms with van der Waals surface area (Å²) in [5.74, 6) is 0.974. The van der Waals surface area contributed by atoms with Crippen molar-refractivity contribution in [1.82, 2.24) is 4.90 Å². The first-order valence-corrected chi connectivity index (χ1v) is 11.4. The summed E-state index contributed by atoms with van der Waals surface area (Å²) in [6.45, 7) is 3.85. The van der Waals surface area contributed by atoms with Crippen LogP contribution >= 0.6 is 0 Å². The minimum Gasteiger partial charge on any atom is -0.448 e. The fraction of sp³-hybridized carbons (Fsp3) is 0.440. The molecule has 166 valence electrons. The smallest absolute Gasteiger partial charge is 0.251 e. The van der Waals surface area contributed by atoms with E-state index in [-0.39, 0.29) is 5.91 Å². The van der Waals surface area contributed by atoms with E-state index in [0.29, 0.717) is 12.1 Å². The summed E-state index contributed by atoms with van der Waals surface area (Å²) in [6, 6.07) is 15.5. The third-order valence-corrected chi connectivity index (χ3v) is 6.50. The molecule has 2 aromatic rings. The second kappa shape index (κ2) is 8.71. The molecule has 2 fully saturated rings. The molecule has 1 aliphatic carbocycles. The Morgan fingerprint density at radius 1 is 0.969 bits per heavy atom. The van der Waals surface area contributed by atoms with Crippen molar-refractivity contribution in [3.63, 3.8) is 0 Å². The van der Waals surface area contributed by atoms with Crippen LogP contribution in [0.2, 0.25) is 0 Å². The largest absolute Gasteiger partial charge is 0.448 e. The average molecular weight is 433 g/mol. The van der Waals surface area contributed by atoms with Gasteiger partial charge in [0.25, 0.3) is 5.79 Å². The van der Waals surface area contributed by atoms with Crippen molar-refractivity contribution in [2.24, 2.45) is 0 Å². The molecule has 2 aromatic carbocycles. The molecule has 7 heteroatoms. The normalized spacial score (nSPS) is 19.5. The molecule has 5 rings (SSSR count). The monoisotopic (exact) mass is 432 g/mol. The van der Waals surface area contributed by atoms with Crippen LogP contribution in [-0.4, -0.2) is 49.3 Å². The molecular formula is C25H28N4O3. The number of ether oxygens (including phenoxy) is 2. The van der Waals surface area contributed by atoms with E-state index in [0.717, 1.165) is 81.2 Å². The molecule has 1 saturated heterocycles. The van der Waals surface area contributed by atoms with Gasteiger partial charge < -0.3 is 19.7 Å². The Labute approximate surface area is 188 Å². The topological polar surface area (TPSA) is 77.8 Å². The fourth-order valence-corrected chi connectivity index (χ4v) is 4.83. The lowest BCUT2D eigenvalue weighted by molar-refractivity contribution is -0.117. The highest BCUT2D eigenvalue weighted by molar-refractivity contribution is 5.92. The van der Waals surface area contributed by atoms with Crippen molar-refractivity contribution >= 4 is 17.3 Å². The van der Waals surface area contributed by atoms with Crippen molar-refractivity contribution in [3.8, 4) is 17.6 Å². The van der Waals surface area contributed by atoms with Gasteiger partial charge in [-0.15, -0.1) is 0 Å². The molecule has 2 aliphatic heterocycles. The molecular weight excluding hydrogens is 404 g/mol. The summed E-state index contributed by atoms with van der Waals surface area (Å²) in [7, 11) is 0. The predicted octanol–water partition coefficient (Wildman–Crippen LogP) is 3.75. The molecule has 1 amide bonds. The van der Waals surface area contributed by atoms with Gasteiger partial charge in [0.05, 0.1) is 18.2 Å². The molecule has 7 nitrogen and oxygen atoms in total. The van der Waals surface area contributed by atoms with Crippen LogP contribution < -0.4 is 19.7 Å². The van der Waals surface area contributed by atoms with Gasteiger partial charge in [-0.3, -0.25) is 9.69 Å². The van der Waals surface area contributed by atoms with Gasteiger partial charge in [-0.1, -0.05) is 0 Å². The highest BCUT2D eigenvalue weighted by Gasteiger charge is 2.44. The maximum Gasteiger partial charge on any atom is 0.251 e. The van der Waals surface area contributed by atoms with Gasteiger partial charge in [0, 0.05) is 56.5 Å². The Morgan fingerprint density at radius 2 is 1.75 bits per heavy atom. The second-order valence-electron chi connectivity index (χ2n) is 8.81. The number of nitrogens with zero attached hydrogens (tertiary/aromatic N) is 3. The molecule has 0 aromatic heterocycles. The predicted molar refractivity (Wildman–Crippen MR) is 122 cm³/mol. The molecule has 0 unspecified atom stereocenters. The van der Waals surface area contributed by atoms with Crippen molar-refractivity contribution in [2.75, 3.05) is 42.9 Å². The summed E-state index contributed by atoms with van der Waals surface area (Å²) >= 11 is 0. The van der Waals surface area contributed by atoms with Crippen LogP contribution in [0.3, 0.4) is 0 Å². The van der Waals surface area contributed by atoms with Crippen LogP contribution in [0.25, 0.3) is 0 Å². The summed E-state index contributed by atoms with van der Waals surface area (Å²) in [5.41, 5.74) is 2.53. The zero-order chi connectivity index (χ0) is 22.0. The molecule has 1 saturated carbocycles. The van der Waals surface area contributed by atoms with E-state index >= 15 is 0 Å². The minimum atomic E-state index is -0.488. The van der Waals surface area contributed by atoms with E-state index in [2.05, 4.69) is 21.2 Å². The number of rotatable bonds is 4. The summed E-state index contributed by atoms with van der Waals surface area (Å²) < 4.78 is 12.2. The highest BCUT2D eigenvalue weighted by Crippen LogP contribution is 2.47. The number of nitrogens with one attached hydrogen (secondary N) is 1. The van der Waals surface area contributed by atoms with Gasteiger partial charge in [-0.25, -0.2) is 0 Å². The third kappa shape index (κ3) is 4.37. The minimum absolute atomic E-state index is 0.0220. The van der Waals surface area contributed by atoms with Crippen molar-refractivity contribution in [3.05, 3.63) is 48.0 Å². The van der Waals surface area contributed by atoms with Crippen LogP contribution in [0.15, 0.2) is 42.5 Å². The zero-order valence-corrected chi connectivity index (χ0v) is 18.2. The quantitative estimate of drug-likeness (QED) is 0.793. The molecule has 0 bridgehead atoms. The Kier molecular flexibility index (Phi) is 5.62. The third-order valence-electron chi connectivity index (χ3n) is 6.50. The van der Waals surface area contributed by atoms with E-state index in [9.17, 15) is 4.79 Å². The lowest BCUT2D eigenvalue weighted by Crippen LogP contribution is -2.36. The Hall–Kier alpha value is -3.24. The van der Waals surface area contributed by atoms with Crippen LogP contribution in [-0.2, 0) is 4.79 Å². The van der Waals surface area contributed by atoms with E-state index in [1.165, 1.54) is 0 Å². The van der Waals surface area contributed by atoms with E-state index in [4.69, 9.17) is 14.7 Å². The summed E-state index contributed by atoms with van der Waals surface area (Å²) in [4.78, 5) is 17.2. The first kappa shape index (κ1) is 20.7. The van der Waals surface area contributed by atoms with Crippen LogP contribution in [0.5, 0.6) is 11.5 Å². The Balaban J connectivity index is 1.14. The first-order chi connectivity index (χ1) is 15.6. The molecule has 0 atom stereocenters. The molecule has 1 N–H and O–H groups in total. The Bertz CT molecular complexity index is 1020. The summed E-state index contributed by atoms with van der Waals surface area (Å²) in [6.07, 6.45) is 5.06. The van der Waals surface area contributed by atoms with Gasteiger partial charge in [0.2, 0.25) is 5.91 Å². The lowest BCUT2D eigenvalue weighted by atomic mass is 10.2. The van der Waals surface area contributed by atoms with Crippen LogP contribution in [0, 0.1) is 11.3 Å². The first-order valence-electron chi connectivity index (χ1n) is 11.4. The van der Waals surface area contributed by atoms with Crippen LogP contribution in [0.4, 0.5) is 11.4 Å². The zero-order valence-electron chi connectivity index (χ0n) is 18.2. The maximum absolute atomic E-state index is 12.7. The average Bonchev–Trinajstić information content (AvgIpc) is 3.33. The van der Waals surface area contributed by atoms with Gasteiger partial charge in [-0.2, -0.15) is 5.26 Å². The number of hydrogen-bond acceptors (Lipinski definition) is 6. The van der Waals surface area contributed by atoms with Gasteiger partial charge in [0.1, 0.15) is 0 Å². The second-order valence-corrected chi connectivity index (χ2v) is 8.81. The standard InChI is InChI=1S/C25H28N4O3/c26-17-19-4-7-21(8-5-19)29-13-3-12-28(14-15-29)18-24(30)27-20-6-9-22-23(16-20)32-25(31-22)10-1-2-11-25/h4-9,16H,1-3,10-15,18H2,(H,27,30). The Morgan fingerprint density at radius 3 is 2.53 bits per heavy atom. The molecule has 3 aliphatic rings. The molecule has 1 spiro atoms. The number of anilines is 2. The number of nitriles is 1. The number of amides is 1.